The number of furan rings is 1. The van der Waals surface area contributed by atoms with Crippen LogP contribution in [0.3, 0.4) is 0 Å². The van der Waals surface area contributed by atoms with Crippen LogP contribution in [-0.4, -0.2) is 50.8 Å². The summed E-state index contributed by atoms with van der Waals surface area (Å²) in [6, 6.07) is 10.3. The summed E-state index contributed by atoms with van der Waals surface area (Å²) in [5.74, 6) is 2.18. The van der Waals surface area contributed by atoms with Crippen molar-refractivity contribution in [3.8, 4) is 17.1 Å². The van der Waals surface area contributed by atoms with Crippen LogP contribution in [-0.2, 0) is 6.54 Å². The summed E-state index contributed by atoms with van der Waals surface area (Å²) in [5, 5.41) is 4.73. The molecular weight excluding hydrogens is 395 g/mol. The van der Waals surface area contributed by atoms with Gasteiger partial charge in [0.2, 0.25) is 0 Å². The summed E-state index contributed by atoms with van der Waals surface area (Å²) in [4.78, 5) is 13.2. The molecule has 0 amide bonds. The van der Waals surface area contributed by atoms with Gasteiger partial charge in [0, 0.05) is 56.9 Å². The second-order valence-electron chi connectivity index (χ2n) is 7.66. The summed E-state index contributed by atoms with van der Waals surface area (Å²) >= 11 is 0. The number of hydrogen-bond acceptors (Lipinski definition) is 6. The first-order valence-corrected chi connectivity index (χ1v) is 10.3. The number of benzene rings is 1. The summed E-state index contributed by atoms with van der Waals surface area (Å²) in [7, 11) is 0. The number of nitrogens with zero attached hydrogens (tertiary/aromatic N) is 6. The van der Waals surface area contributed by atoms with Crippen molar-refractivity contribution in [3.05, 3.63) is 78.3 Å². The van der Waals surface area contributed by atoms with E-state index in [1.807, 2.05) is 31.3 Å². The van der Waals surface area contributed by atoms with Crippen molar-refractivity contribution in [2.45, 2.75) is 13.5 Å². The van der Waals surface area contributed by atoms with E-state index >= 15 is 0 Å². The maximum absolute atomic E-state index is 13.8. The molecule has 0 aliphatic carbocycles. The van der Waals surface area contributed by atoms with Crippen LogP contribution in [0.1, 0.15) is 11.3 Å². The normalized spacial score (nSPS) is 14.8. The van der Waals surface area contributed by atoms with Crippen molar-refractivity contribution < 1.29 is 8.81 Å². The number of halogens is 1. The van der Waals surface area contributed by atoms with Gasteiger partial charge in [0.25, 0.3) is 0 Å². The molecule has 0 atom stereocenters. The van der Waals surface area contributed by atoms with Gasteiger partial charge in [-0.1, -0.05) is 6.07 Å². The highest BCUT2D eigenvalue weighted by atomic mass is 19.1. The first kappa shape index (κ1) is 19.4. The third kappa shape index (κ3) is 4.20. The summed E-state index contributed by atoms with van der Waals surface area (Å²) in [5.41, 5.74) is 2.52. The average molecular weight is 418 g/mol. The fourth-order valence-electron chi connectivity index (χ4n) is 3.88. The molecule has 1 fully saturated rings. The third-order valence-corrected chi connectivity index (χ3v) is 5.48. The lowest BCUT2D eigenvalue weighted by Crippen LogP contribution is -2.46. The van der Waals surface area contributed by atoms with Gasteiger partial charge >= 0.3 is 0 Å². The third-order valence-electron chi connectivity index (χ3n) is 5.48. The van der Waals surface area contributed by atoms with Gasteiger partial charge in [0.1, 0.15) is 23.1 Å². The minimum atomic E-state index is -0.287. The van der Waals surface area contributed by atoms with Crippen LogP contribution in [0.25, 0.3) is 17.1 Å². The number of aromatic nitrogens is 4. The first-order chi connectivity index (χ1) is 15.2. The van der Waals surface area contributed by atoms with Gasteiger partial charge in [0.15, 0.2) is 5.76 Å². The van der Waals surface area contributed by atoms with E-state index in [1.165, 1.54) is 12.1 Å². The number of piperazine rings is 1. The van der Waals surface area contributed by atoms with Crippen LogP contribution in [0.4, 0.5) is 10.2 Å². The Hall–Kier alpha value is -3.52. The molecule has 0 saturated carbocycles. The van der Waals surface area contributed by atoms with Gasteiger partial charge in [-0.2, -0.15) is 5.10 Å². The minimum absolute atomic E-state index is 0.287. The molecule has 8 heteroatoms. The quantitative estimate of drug-likeness (QED) is 0.493. The zero-order valence-corrected chi connectivity index (χ0v) is 17.3. The molecule has 1 aliphatic rings. The van der Waals surface area contributed by atoms with E-state index in [2.05, 4.69) is 19.8 Å². The van der Waals surface area contributed by atoms with Crippen molar-refractivity contribution in [1.29, 1.82) is 0 Å². The van der Waals surface area contributed by atoms with Crippen molar-refractivity contribution in [2.75, 3.05) is 31.1 Å². The lowest BCUT2D eigenvalue weighted by molar-refractivity contribution is 0.249. The Morgan fingerprint density at radius 3 is 2.65 bits per heavy atom. The number of anilines is 1. The predicted molar refractivity (Wildman–Crippen MR) is 115 cm³/mol. The Bertz CT molecular complexity index is 1160. The molecule has 7 nitrogen and oxygen atoms in total. The van der Waals surface area contributed by atoms with Crippen LogP contribution in [0.5, 0.6) is 0 Å². The van der Waals surface area contributed by atoms with Gasteiger partial charge in [-0.05, 0) is 37.3 Å². The Balaban J connectivity index is 1.38. The van der Waals surface area contributed by atoms with Crippen molar-refractivity contribution >= 4 is 5.82 Å². The molecule has 5 rings (SSSR count). The van der Waals surface area contributed by atoms with Crippen molar-refractivity contribution in [2.24, 2.45) is 0 Å². The lowest BCUT2D eigenvalue weighted by Gasteiger charge is -2.35. The second kappa shape index (κ2) is 8.31. The first-order valence-electron chi connectivity index (χ1n) is 10.3. The predicted octanol–water partition coefficient (Wildman–Crippen LogP) is 3.69. The van der Waals surface area contributed by atoms with Gasteiger partial charge in [-0.15, -0.1) is 0 Å². The largest absolute Gasteiger partial charge is 0.460 e. The monoisotopic (exact) mass is 418 g/mol. The van der Waals surface area contributed by atoms with Crippen LogP contribution in [0, 0.1) is 12.7 Å². The highest BCUT2D eigenvalue weighted by Gasteiger charge is 2.22. The van der Waals surface area contributed by atoms with Crippen molar-refractivity contribution in [1.82, 2.24) is 24.6 Å². The zero-order valence-electron chi connectivity index (χ0n) is 17.3. The number of aryl methyl sites for hydroxylation is 1. The Morgan fingerprint density at radius 2 is 1.94 bits per heavy atom. The Kier molecular flexibility index (Phi) is 5.21. The van der Waals surface area contributed by atoms with E-state index in [0.29, 0.717) is 5.69 Å². The Labute approximate surface area is 179 Å². The van der Waals surface area contributed by atoms with E-state index in [-0.39, 0.29) is 5.82 Å². The minimum Gasteiger partial charge on any atom is -0.460 e. The van der Waals surface area contributed by atoms with Crippen LogP contribution in [0.15, 0.2) is 65.6 Å². The standard InChI is InChI=1S/C23H23FN6O/c1-17-5-6-21(31-17)23-18(16-30(27-23)20-4-2-3-19(24)13-20)15-28-9-11-29(12-10-28)22-14-25-7-8-26-22/h2-8,13-14,16H,9-12,15H2,1H3. The maximum atomic E-state index is 13.8. The second-order valence-corrected chi connectivity index (χ2v) is 7.66. The molecular formula is C23H23FN6O. The van der Waals surface area contributed by atoms with E-state index in [9.17, 15) is 4.39 Å². The van der Waals surface area contributed by atoms with E-state index in [0.717, 1.165) is 61.3 Å². The topological polar surface area (TPSA) is 63.2 Å². The molecule has 1 aliphatic heterocycles. The van der Waals surface area contributed by atoms with Gasteiger partial charge in [-0.3, -0.25) is 9.88 Å². The fraction of sp³-hybridized carbons (Fsp3) is 0.261. The molecule has 4 aromatic rings. The summed E-state index contributed by atoms with van der Waals surface area (Å²) in [6.07, 6.45) is 7.18. The molecule has 0 bridgehead atoms. The molecule has 0 spiro atoms. The molecule has 158 valence electrons. The van der Waals surface area contributed by atoms with Crippen LogP contribution < -0.4 is 4.90 Å². The number of hydrogen-bond donors (Lipinski definition) is 0. The van der Waals surface area contributed by atoms with Gasteiger partial charge in [-0.25, -0.2) is 14.1 Å². The van der Waals surface area contributed by atoms with Crippen LogP contribution in [0.2, 0.25) is 0 Å². The maximum Gasteiger partial charge on any atom is 0.154 e. The molecule has 1 saturated heterocycles. The summed E-state index contributed by atoms with van der Waals surface area (Å²) < 4.78 is 21.3. The van der Waals surface area contributed by atoms with Crippen molar-refractivity contribution in [3.63, 3.8) is 0 Å². The molecule has 0 unspecified atom stereocenters. The average Bonchev–Trinajstić information content (AvgIpc) is 3.41. The smallest absolute Gasteiger partial charge is 0.154 e. The zero-order chi connectivity index (χ0) is 21.2. The number of rotatable bonds is 5. The van der Waals surface area contributed by atoms with Gasteiger partial charge in [0.05, 0.1) is 11.9 Å². The molecule has 31 heavy (non-hydrogen) atoms. The molecule has 1 aromatic carbocycles. The molecule has 0 N–H and O–H groups in total. The molecule has 4 heterocycles. The van der Waals surface area contributed by atoms with Crippen LogP contribution >= 0.6 is 0 Å². The SMILES string of the molecule is Cc1ccc(-c2nn(-c3cccc(F)c3)cc2CN2CCN(c3cnccn3)CC2)o1. The summed E-state index contributed by atoms with van der Waals surface area (Å²) in [6.45, 7) is 6.21. The van der Waals surface area contributed by atoms with E-state index < -0.39 is 0 Å². The van der Waals surface area contributed by atoms with E-state index in [1.54, 1.807) is 29.3 Å². The van der Waals surface area contributed by atoms with Gasteiger partial charge < -0.3 is 9.32 Å². The highest BCUT2D eigenvalue weighted by molar-refractivity contribution is 5.58. The molecule has 0 radical (unpaired) electrons. The molecule has 3 aromatic heterocycles. The van der Waals surface area contributed by atoms with E-state index in [4.69, 9.17) is 9.52 Å². The fourth-order valence-corrected chi connectivity index (χ4v) is 3.88. The highest BCUT2D eigenvalue weighted by Crippen LogP contribution is 2.27. The lowest BCUT2D eigenvalue weighted by atomic mass is 10.2. The Morgan fingerprint density at radius 1 is 1.06 bits per heavy atom.